The van der Waals surface area contributed by atoms with Crippen LogP contribution >= 0.6 is 11.8 Å². The quantitative estimate of drug-likeness (QED) is 0.750. The van der Waals surface area contributed by atoms with Crippen molar-refractivity contribution in [1.82, 2.24) is 4.90 Å². The number of hydrogen-bond donors (Lipinski definition) is 0. The standard InChI is InChI=1S/C18H15FN2O3S2/c1-2-21-17(22)16(12-13-8-6-7-11-15(13)19)25-18(21)20-26(23,24)14-9-4-3-5-10-14/h3-12H,2H2,1H3/b16-12-,20-18-. The van der Waals surface area contributed by atoms with Gasteiger partial charge in [-0.05, 0) is 43.0 Å². The van der Waals surface area contributed by atoms with Crippen molar-refractivity contribution in [3.05, 3.63) is 70.9 Å². The molecule has 0 unspecified atom stereocenters. The summed E-state index contributed by atoms with van der Waals surface area (Å²) >= 11 is 0.918. The molecule has 1 saturated heterocycles. The van der Waals surface area contributed by atoms with E-state index in [0.717, 1.165) is 11.8 Å². The molecule has 0 aliphatic carbocycles. The molecule has 26 heavy (non-hydrogen) atoms. The molecule has 0 N–H and O–H groups in total. The van der Waals surface area contributed by atoms with Crippen LogP contribution in [0, 0.1) is 5.82 Å². The third-order valence-corrected chi connectivity index (χ3v) is 6.04. The van der Waals surface area contributed by atoms with Crippen molar-refractivity contribution in [3.8, 4) is 0 Å². The van der Waals surface area contributed by atoms with E-state index >= 15 is 0 Å². The molecule has 0 aromatic heterocycles. The zero-order valence-electron chi connectivity index (χ0n) is 13.8. The summed E-state index contributed by atoms with van der Waals surface area (Å²) in [5, 5.41) is 0.0592. The summed E-state index contributed by atoms with van der Waals surface area (Å²) in [5.74, 6) is -0.860. The molecule has 1 fully saturated rings. The number of rotatable bonds is 4. The molecular formula is C18H15FN2O3S2. The van der Waals surface area contributed by atoms with Gasteiger partial charge in [0.1, 0.15) is 5.82 Å². The normalized spacial score (nSPS) is 18.1. The van der Waals surface area contributed by atoms with Crippen molar-refractivity contribution >= 4 is 38.9 Å². The smallest absolute Gasteiger partial charge is 0.284 e. The van der Waals surface area contributed by atoms with E-state index in [4.69, 9.17) is 0 Å². The average Bonchev–Trinajstić information content (AvgIpc) is 2.91. The fraction of sp³-hybridized carbons (Fsp3) is 0.111. The molecule has 1 aliphatic rings. The number of likely N-dealkylation sites (N-methyl/N-ethyl adjacent to an activating group) is 1. The zero-order valence-corrected chi connectivity index (χ0v) is 15.4. The maximum atomic E-state index is 13.8. The van der Waals surface area contributed by atoms with E-state index in [1.807, 2.05) is 0 Å². The van der Waals surface area contributed by atoms with Gasteiger partial charge in [-0.25, -0.2) is 4.39 Å². The summed E-state index contributed by atoms with van der Waals surface area (Å²) in [6, 6.07) is 13.8. The van der Waals surface area contributed by atoms with Gasteiger partial charge < -0.3 is 0 Å². The molecule has 1 amide bonds. The van der Waals surface area contributed by atoms with Crippen molar-refractivity contribution in [2.45, 2.75) is 11.8 Å². The van der Waals surface area contributed by atoms with Crippen molar-refractivity contribution in [1.29, 1.82) is 0 Å². The van der Waals surface area contributed by atoms with E-state index in [1.54, 1.807) is 43.3 Å². The second-order valence-corrected chi connectivity index (χ2v) is 7.96. The second kappa shape index (κ2) is 7.43. The van der Waals surface area contributed by atoms with Crippen LogP contribution in [-0.4, -0.2) is 30.9 Å². The number of halogens is 1. The Morgan fingerprint density at radius 1 is 1.12 bits per heavy atom. The first-order valence-corrected chi connectivity index (χ1v) is 10.0. The highest BCUT2D eigenvalue weighted by Gasteiger charge is 2.34. The number of carbonyl (C=O) groups is 1. The lowest BCUT2D eigenvalue weighted by molar-refractivity contribution is -0.122. The van der Waals surface area contributed by atoms with E-state index in [1.165, 1.54) is 29.2 Å². The molecule has 1 heterocycles. The Kier molecular flexibility index (Phi) is 5.24. The molecule has 8 heteroatoms. The molecule has 2 aromatic carbocycles. The minimum Gasteiger partial charge on any atom is -0.286 e. The Labute approximate surface area is 155 Å². The summed E-state index contributed by atoms with van der Waals surface area (Å²) in [6.07, 6.45) is 1.41. The number of benzene rings is 2. The fourth-order valence-corrected chi connectivity index (χ4v) is 4.59. The average molecular weight is 390 g/mol. The third-order valence-electron chi connectivity index (χ3n) is 3.64. The van der Waals surface area contributed by atoms with Gasteiger partial charge in [0.15, 0.2) is 5.17 Å². The van der Waals surface area contributed by atoms with Gasteiger partial charge in [-0.2, -0.15) is 8.42 Å². The Morgan fingerprint density at radius 2 is 1.77 bits per heavy atom. The molecular weight excluding hydrogens is 375 g/mol. The molecule has 0 radical (unpaired) electrons. The first kappa shape index (κ1) is 18.3. The van der Waals surface area contributed by atoms with Gasteiger partial charge in [0.05, 0.1) is 9.80 Å². The molecule has 0 spiro atoms. The van der Waals surface area contributed by atoms with Crippen LogP contribution < -0.4 is 0 Å². The molecule has 134 valence electrons. The highest BCUT2D eigenvalue weighted by atomic mass is 32.2. The predicted molar refractivity (Wildman–Crippen MR) is 100 cm³/mol. The van der Waals surface area contributed by atoms with Crippen LogP contribution in [0.4, 0.5) is 4.39 Å². The van der Waals surface area contributed by atoms with Crippen LogP contribution in [0.15, 0.2) is 68.8 Å². The van der Waals surface area contributed by atoms with Gasteiger partial charge in [0, 0.05) is 12.1 Å². The van der Waals surface area contributed by atoms with Crippen LogP contribution in [0.2, 0.25) is 0 Å². The van der Waals surface area contributed by atoms with Crippen LogP contribution in [-0.2, 0) is 14.8 Å². The lowest BCUT2D eigenvalue weighted by Gasteiger charge is -2.11. The number of nitrogens with zero attached hydrogens (tertiary/aromatic N) is 2. The van der Waals surface area contributed by atoms with Crippen molar-refractivity contribution in [2.75, 3.05) is 6.54 Å². The summed E-state index contributed by atoms with van der Waals surface area (Å²) < 4.78 is 42.6. The van der Waals surface area contributed by atoms with Gasteiger partial charge in [-0.15, -0.1) is 4.40 Å². The molecule has 1 aliphatic heterocycles. The van der Waals surface area contributed by atoms with Crippen LogP contribution in [0.5, 0.6) is 0 Å². The van der Waals surface area contributed by atoms with Crippen molar-refractivity contribution < 1.29 is 17.6 Å². The fourth-order valence-electron chi connectivity index (χ4n) is 2.34. The van der Waals surface area contributed by atoms with Gasteiger partial charge in [-0.3, -0.25) is 9.69 Å². The molecule has 3 rings (SSSR count). The molecule has 5 nitrogen and oxygen atoms in total. The predicted octanol–water partition coefficient (Wildman–Crippen LogP) is 3.51. The van der Waals surface area contributed by atoms with E-state index in [-0.39, 0.29) is 27.1 Å². The number of hydrogen-bond acceptors (Lipinski definition) is 4. The van der Waals surface area contributed by atoms with E-state index in [9.17, 15) is 17.6 Å². The molecule has 2 aromatic rings. The number of sulfonamides is 1. The second-order valence-electron chi connectivity index (χ2n) is 5.34. The zero-order chi connectivity index (χ0) is 18.7. The molecule has 0 atom stereocenters. The highest BCUT2D eigenvalue weighted by Crippen LogP contribution is 2.33. The largest absolute Gasteiger partial charge is 0.286 e. The minimum absolute atomic E-state index is 0.0446. The van der Waals surface area contributed by atoms with E-state index < -0.39 is 21.7 Å². The topological polar surface area (TPSA) is 66.8 Å². The van der Waals surface area contributed by atoms with Crippen LogP contribution in [0.3, 0.4) is 0 Å². The number of thioether (sulfide) groups is 1. The summed E-state index contributed by atoms with van der Waals surface area (Å²) in [5.41, 5.74) is 0.256. The molecule has 0 bridgehead atoms. The van der Waals surface area contributed by atoms with Crippen LogP contribution in [0.1, 0.15) is 12.5 Å². The number of amides is 1. The third kappa shape index (κ3) is 3.71. The number of amidine groups is 1. The van der Waals surface area contributed by atoms with E-state index in [0.29, 0.717) is 0 Å². The summed E-state index contributed by atoms with van der Waals surface area (Å²) in [7, 11) is -3.94. The first-order valence-electron chi connectivity index (χ1n) is 7.78. The first-order chi connectivity index (χ1) is 12.4. The molecule has 0 saturated carbocycles. The minimum atomic E-state index is -3.94. The monoisotopic (exact) mass is 390 g/mol. The highest BCUT2D eigenvalue weighted by molar-refractivity contribution is 8.19. The lowest BCUT2D eigenvalue weighted by Crippen LogP contribution is -2.29. The van der Waals surface area contributed by atoms with Crippen molar-refractivity contribution in [3.63, 3.8) is 0 Å². The SMILES string of the molecule is CCN1C(=O)/C(=C/c2ccccc2F)S/C1=N\S(=O)(=O)c1ccccc1. The van der Waals surface area contributed by atoms with Gasteiger partial charge in [0.25, 0.3) is 15.9 Å². The Morgan fingerprint density at radius 3 is 2.42 bits per heavy atom. The van der Waals surface area contributed by atoms with Crippen LogP contribution in [0.25, 0.3) is 6.08 Å². The summed E-state index contributed by atoms with van der Waals surface area (Å²) in [4.78, 5) is 14.1. The van der Waals surface area contributed by atoms with E-state index in [2.05, 4.69) is 4.40 Å². The van der Waals surface area contributed by atoms with Crippen molar-refractivity contribution in [2.24, 2.45) is 4.40 Å². The Hall–Kier alpha value is -2.45. The summed E-state index contributed by atoms with van der Waals surface area (Å²) in [6.45, 7) is 1.97. The Bertz CT molecular complexity index is 1000. The maximum absolute atomic E-state index is 13.8. The van der Waals surface area contributed by atoms with Gasteiger partial charge in [-0.1, -0.05) is 36.4 Å². The number of carbonyl (C=O) groups excluding carboxylic acids is 1. The Balaban J connectivity index is 1.99. The van der Waals surface area contributed by atoms with Gasteiger partial charge >= 0.3 is 0 Å². The lowest BCUT2D eigenvalue weighted by atomic mass is 10.2. The van der Waals surface area contributed by atoms with Gasteiger partial charge in [0.2, 0.25) is 0 Å². The maximum Gasteiger partial charge on any atom is 0.284 e.